The fourth-order valence-corrected chi connectivity index (χ4v) is 3.58. The fraction of sp³-hybridized carbons (Fsp3) is 0.167. The van der Waals surface area contributed by atoms with Crippen LogP contribution < -0.4 is 10.1 Å². The standard InChI is InChI=1S/C18H16FNO2S/c1-3-22-13-9-7-12(8-10-13)20-18(21)17-11(2)16-14(19)5-4-6-15(16)23-17/h4-10H,3H2,1-2H3,(H,20,21). The molecular weight excluding hydrogens is 313 g/mol. The van der Waals surface area contributed by atoms with Crippen molar-refractivity contribution in [2.45, 2.75) is 13.8 Å². The zero-order chi connectivity index (χ0) is 16.4. The number of benzene rings is 2. The molecule has 3 nitrogen and oxygen atoms in total. The summed E-state index contributed by atoms with van der Waals surface area (Å²) in [5.41, 5.74) is 1.35. The third-order valence-corrected chi connectivity index (χ3v) is 4.79. The lowest BCUT2D eigenvalue weighted by Gasteiger charge is -2.06. The molecule has 0 atom stereocenters. The number of ether oxygens (including phenoxy) is 1. The summed E-state index contributed by atoms with van der Waals surface area (Å²) in [5.74, 6) is 0.231. The first-order chi connectivity index (χ1) is 11.1. The Balaban J connectivity index is 1.86. The van der Waals surface area contributed by atoms with Crippen LogP contribution in [-0.2, 0) is 0 Å². The smallest absolute Gasteiger partial charge is 0.266 e. The number of amides is 1. The molecule has 0 fully saturated rings. The normalized spacial score (nSPS) is 10.7. The van der Waals surface area contributed by atoms with Crippen molar-refractivity contribution in [2.75, 3.05) is 11.9 Å². The highest BCUT2D eigenvalue weighted by molar-refractivity contribution is 7.21. The Morgan fingerprint density at radius 2 is 1.96 bits per heavy atom. The van der Waals surface area contributed by atoms with E-state index in [9.17, 15) is 9.18 Å². The Labute approximate surface area is 137 Å². The number of anilines is 1. The SMILES string of the molecule is CCOc1ccc(NC(=O)c2sc3cccc(F)c3c2C)cc1. The van der Waals surface area contributed by atoms with Crippen molar-refractivity contribution in [3.8, 4) is 5.75 Å². The molecule has 3 rings (SSSR count). The number of nitrogens with one attached hydrogen (secondary N) is 1. The van der Waals surface area contributed by atoms with Crippen molar-refractivity contribution >= 4 is 33.0 Å². The van der Waals surface area contributed by atoms with E-state index in [-0.39, 0.29) is 11.7 Å². The summed E-state index contributed by atoms with van der Waals surface area (Å²) in [7, 11) is 0. The van der Waals surface area contributed by atoms with E-state index in [0.717, 1.165) is 10.4 Å². The maximum Gasteiger partial charge on any atom is 0.266 e. The van der Waals surface area contributed by atoms with Gasteiger partial charge >= 0.3 is 0 Å². The lowest BCUT2D eigenvalue weighted by atomic mass is 10.1. The highest BCUT2D eigenvalue weighted by Gasteiger charge is 2.17. The highest BCUT2D eigenvalue weighted by Crippen LogP contribution is 2.33. The van der Waals surface area contributed by atoms with E-state index in [1.807, 2.05) is 13.0 Å². The number of aryl methyl sites for hydroxylation is 1. The second-order valence-electron chi connectivity index (χ2n) is 5.08. The minimum atomic E-state index is -0.295. The molecule has 1 aromatic heterocycles. The van der Waals surface area contributed by atoms with Gasteiger partial charge in [0.15, 0.2) is 0 Å². The molecule has 23 heavy (non-hydrogen) atoms. The van der Waals surface area contributed by atoms with Gasteiger partial charge in [0.25, 0.3) is 5.91 Å². The zero-order valence-corrected chi connectivity index (χ0v) is 13.7. The summed E-state index contributed by atoms with van der Waals surface area (Å²) < 4.78 is 20.1. The van der Waals surface area contributed by atoms with E-state index in [4.69, 9.17) is 4.74 Å². The number of halogens is 1. The third kappa shape index (κ3) is 3.05. The van der Waals surface area contributed by atoms with E-state index in [1.165, 1.54) is 17.4 Å². The number of carbonyl (C=O) groups is 1. The molecule has 0 saturated carbocycles. The van der Waals surface area contributed by atoms with Crippen molar-refractivity contribution in [2.24, 2.45) is 0 Å². The summed E-state index contributed by atoms with van der Waals surface area (Å²) in [6, 6.07) is 12.1. The van der Waals surface area contributed by atoms with Crippen LogP contribution in [0.4, 0.5) is 10.1 Å². The van der Waals surface area contributed by atoms with Crippen LogP contribution in [0.1, 0.15) is 22.2 Å². The Bertz CT molecular complexity index is 855. The number of fused-ring (bicyclic) bond motifs is 1. The average molecular weight is 329 g/mol. The van der Waals surface area contributed by atoms with Gasteiger partial charge in [0, 0.05) is 15.8 Å². The summed E-state index contributed by atoms with van der Waals surface area (Å²) in [6.07, 6.45) is 0. The van der Waals surface area contributed by atoms with Crippen LogP contribution in [0.25, 0.3) is 10.1 Å². The van der Waals surface area contributed by atoms with Gasteiger partial charge < -0.3 is 10.1 Å². The molecule has 0 spiro atoms. The summed E-state index contributed by atoms with van der Waals surface area (Å²) in [4.78, 5) is 13.0. The molecule has 0 aliphatic heterocycles. The lowest BCUT2D eigenvalue weighted by Crippen LogP contribution is -2.11. The first-order valence-corrected chi connectivity index (χ1v) is 8.13. The summed E-state index contributed by atoms with van der Waals surface area (Å²) >= 11 is 1.30. The van der Waals surface area contributed by atoms with Gasteiger partial charge in [-0.2, -0.15) is 0 Å². The second-order valence-corrected chi connectivity index (χ2v) is 6.13. The molecule has 0 radical (unpaired) electrons. The number of carbonyl (C=O) groups excluding carboxylic acids is 1. The Kier molecular flexibility index (Phi) is 4.30. The van der Waals surface area contributed by atoms with Gasteiger partial charge in [-0.25, -0.2) is 4.39 Å². The van der Waals surface area contributed by atoms with Crippen molar-refractivity contribution in [3.63, 3.8) is 0 Å². The van der Waals surface area contributed by atoms with Gasteiger partial charge in [-0.15, -0.1) is 11.3 Å². The first-order valence-electron chi connectivity index (χ1n) is 7.32. The van der Waals surface area contributed by atoms with Gasteiger partial charge in [-0.1, -0.05) is 6.07 Å². The molecule has 0 saturated heterocycles. The van der Waals surface area contributed by atoms with Gasteiger partial charge in [0.1, 0.15) is 11.6 Å². The van der Waals surface area contributed by atoms with Crippen molar-refractivity contribution < 1.29 is 13.9 Å². The van der Waals surface area contributed by atoms with Gasteiger partial charge in [-0.3, -0.25) is 4.79 Å². The fourth-order valence-electron chi connectivity index (χ4n) is 2.46. The van der Waals surface area contributed by atoms with Crippen LogP contribution in [0.5, 0.6) is 5.75 Å². The van der Waals surface area contributed by atoms with Crippen LogP contribution in [-0.4, -0.2) is 12.5 Å². The van der Waals surface area contributed by atoms with E-state index >= 15 is 0 Å². The largest absolute Gasteiger partial charge is 0.494 e. The lowest BCUT2D eigenvalue weighted by molar-refractivity contribution is 0.103. The molecule has 2 aromatic carbocycles. The maximum atomic E-state index is 13.9. The van der Waals surface area contributed by atoms with Crippen LogP contribution >= 0.6 is 11.3 Å². The molecule has 1 heterocycles. The minimum absolute atomic E-state index is 0.229. The quantitative estimate of drug-likeness (QED) is 0.731. The topological polar surface area (TPSA) is 38.3 Å². The van der Waals surface area contributed by atoms with Gasteiger partial charge in [0.05, 0.1) is 11.5 Å². The highest BCUT2D eigenvalue weighted by atomic mass is 32.1. The molecule has 5 heteroatoms. The van der Waals surface area contributed by atoms with Gasteiger partial charge in [-0.05, 0) is 55.8 Å². The van der Waals surface area contributed by atoms with Crippen LogP contribution in [0.3, 0.4) is 0 Å². The summed E-state index contributed by atoms with van der Waals surface area (Å²) in [6.45, 7) is 4.28. The van der Waals surface area contributed by atoms with Gasteiger partial charge in [0.2, 0.25) is 0 Å². The maximum absolute atomic E-state index is 13.9. The van der Waals surface area contributed by atoms with Crippen LogP contribution in [0, 0.1) is 12.7 Å². The Hall–Kier alpha value is -2.40. The minimum Gasteiger partial charge on any atom is -0.494 e. The predicted molar refractivity (Wildman–Crippen MR) is 92.1 cm³/mol. The Morgan fingerprint density at radius 3 is 2.61 bits per heavy atom. The molecule has 0 unspecified atom stereocenters. The second kappa shape index (κ2) is 6.38. The van der Waals surface area contributed by atoms with E-state index < -0.39 is 0 Å². The average Bonchev–Trinajstić information content (AvgIpc) is 2.88. The third-order valence-electron chi connectivity index (χ3n) is 3.53. The zero-order valence-electron chi connectivity index (χ0n) is 12.9. The van der Waals surface area contributed by atoms with E-state index in [2.05, 4.69) is 5.32 Å². The van der Waals surface area contributed by atoms with Crippen LogP contribution in [0.15, 0.2) is 42.5 Å². The molecule has 1 N–H and O–H groups in total. The number of hydrogen-bond acceptors (Lipinski definition) is 3. The molecule has 1 amide bonds. The van der Waals surface area contributed by atoms with E-state index in [0.29, 0.717) is 28.1 Å². The predicted octanol–water partition coefficient (Wildman–Crippen LogP) is 5.00. The van der Waals surface area contributed by atoms with Crippen LogP contribution in [0.2, 0.25) is 0 Å². The Morgan fingerprint density at radius 1 is 1.22 bits per heavy atom. The molecule has 118 valence electrons. The molecular formula is C18H16FNO2S. The molecule has 0 aliphatic carbocycles. The van der Waals surface area contributed by atoms with E-state index in [1.54, 1.807) is 37.3 Å². The molecule has 3 aromatic rings. The van der Waals surface area contributed by atoms with Crippen molar-refractivity contribution in [1.29, 1.82) is 0 Å². The monoisotopic (exact) mass is 329 g/mol. The number of rotatable bonds is 4. The van der Waals surface area contributed by atoms with Crippen molar-refractivity contribution in [1.82, 2.24) is 0 Å². The number of thiophene rings is 1. The van der Waals surface area contributed by atoms with Crippen molar-refractivity contribution in [3.05, 3.63) is 58.7 Å². The first kappa shape index (κ1) is 15.5. The molecule has 0 aliphatic rings. The number of hydrogen-bond donors (Lipinski definition) is 1. The molecule has 0 bridgehead atoms. The summed E-state index contributed by atoms with van der Waals surface area (Å²) in [5, 5.41) is 3.36.